The molecule has 2 aliphatic heterocycles. The Labute approximate surface area is 194 Å². The molecule has 0 unspecified atom stereocenters. The fraction of sp³-hybridized carbons (Fsp3) is 0.417. The summed E-state index contributed by atoms with van der Waals surface area (Å²) < 4.78 is 46.4. The van der Waals surface area contributed by atoms with Gasteiger partial charge in [0, 0.05) is 43.3 Å². The number of anilines is 1. The number of pyridine rings is 1. The van der Waals surface area contributed by atoms with Crippen LogP contribution in [0.1, 0.15) is 34.7 Å². The number of fused-ring (bicyclic) bond motifs is 1. The van der Waals surface area contributed by atoms with Gasteiger partial charge in [-0.1, -0.05) is 0 Å². The molecular formula is C24H25F3N4O3. The molecule has 0 saturated carbocycles. The fourth-order valence-electron chi connectivity index (χ4n) is 4.72. The van der Waals surface area contributed by atoms with E-state index < -0.39 is 6.36 Å². The number of H-pyrrole nitrogens is 1. The van der Waals surface area contributed by atoms with Gasteiger partial charge >= 0.3 is 6.36 Å². The summed E-state index contributed by atoms with van der Waals surface area (Å²) >= 11 is 0. The Bertz CT molecular complexity index is 1150. The Hall–Kier alpha value is -3.27. The van der Waals surface area contributed by atoms with Gasteiger partial charge in [0.2, 0.25) is 0 Å². The minimum Gasteiger partial charge on any atom is -0.406 e. The van der Waals surface area contributed by atoms with Gasteiger partial charge in [-0.25, -0.2) is 4.98 Å². The lowest BCUT2D eigenvalue weighted by molar-refractivity contribution is -0.274. The van der Waals surface area contributed by atoms with E-state index in [9.17, 15) is 18.0 Å². The van der Waals surface area contributed by atoms with E-state index in [1.165, 1.54) is 29.8 Å². The zero-order chi connectivity index (χ0) is 23.7. The second-order valence-corrected chi connectivity index (χ2v) is 8.57. The van der Waals surface area contributed by atoms with Gasteiger partial charge in [-0.15, -0.1) is 13.2 Å². The molecule has 0 aliphatic carbocycles. The highest BCUT2D eigenvalue weighted by atomic mass is 19.4. The van der Waals surface area contributed by atoms with Gasteiger partial charge < -0.3 is 24.3 Å². The molecule has 1 amide bonds. The molecule has 0 radical (unpaired) electrons. The van der Waals surface area contributed by atoms with E-state index in [4.69, 9.17) is 4.74 Å². The van der Waals surface area contributed by atoms with Crippen molar-refractivity contribution in [3.05, 3.63) is 53.9 Å². The van der Waals surface area contributed by atoms with Crippen LogP contribution in [0.5, 0.6) is 5.75 Å². The number of alkyl halides is 3. The number of halogens is 3. The van der Waals surface area contributed by atoms with E-state index in [1.807, 2.05) is 12.4 Å². The maximum Gasteiger partial charge on any atom is 0.573 e. The van der Waals surface area contributed by atoms with Gasteiger partial charge in [-0.3, -0.25) is 4.79 Å². The number of nitrogens with zero attached hydrogens (tertiary/aromatic N) is 3. The minimum atomic E-state index is -4.76. The third-order valence-electron chi connectivity index (χ3n) is 6.48. The number of aromatic amines is 1. The summed E-state index contributed by atoms with van der Waals surface area (Å²) in [7, 11) is 0. The van der Waals surface area contributed by atoms with Crippen LogP contribution in [0, 0.1) is 0 Å². The molecular weight excluding hydrogens is 449 g/mol. The van der Waals surface area contributed by atoms with Gasteiger partial charge in [0.05, 0.1) is 25.1 Å². The molecule has 3 aromatic rings. The van der Waals surface area contributed by atoms with Gasteiger partial charge in [-0.05, 0) is 54.7 Å². The first-order chi connectivity index (χ1) is 16.4. The first kappa shape index (κ1) is 22.5. The van der Waals surface area contributed by atoms with Crippen LogP contribution >= 0.6 is 0 Å². The molecule has 2 saturated heterocycles. The molecule has 2 fully saturated rings. The lowest BCUT2D eigenvalue weighted by atomic mass is 9.89. The first-order valence-electron chi connectivity index (χ1n) is 11.3. The van der Waals surface area contributed by atoms with Crippen LogP contribution in [0.4, 0.5) is 18.9 Å². The average molecular weight is 474 g/mol. The molecule has 0 spiro atoms. The predicted octanol–water partition coefficient (Wildman–Crippen LogP) is 4.32. The number of nitrogens with one attached hydrogen (secondary N) is 1. The summed E-state index contributed by atoms with van der Waals surface area (Å²) in [6.07, 6.45) is 0.752. The quantitative estimate of drug-likeness (QED) is 0.610. The highest BCUT2D eigenvalue weighted by molar-refractivity contribution is 5.94. The van der Waals surface area contributed by atoms with Crippen molar-refractivity contribution in [3.63, 3.8) is 0 Å². The molecule has 0 bridgehead atoms. The zero-order valence-corrected chi connectivity index (χ0v) is 18.5. The Morgan fingerprint density at radius 2 is 1.79 bits per heavy atom. The van der Waals surface area contributed by atoms with E-state index in [1.54, 1.807) is 4.90 Å². The number of carbonyl (C=O) groups excluding carboxylic acids is 1. The van der Waals surface area contributed by atoms with Gasteiger partial charge in [-0.2, -0.15) is 0 Å². The Morgan fingerprint density at radius 1 is 1.09 bits per heavy atom. The summed E-state index contributed by atoms with van der Waals surface area (Å²) in [5, 5.41) is 1.11. The van der Waals surface area contributed by atoms with E-state index in [2.05, 4.69) is 25.7 Å². The molecule has 34 heavy (non-hydrogen) atoms. The summed E-state index contributed by atoms with van der Waals surface area (Å²) in [5.41, 5.74) is 3.49. The number of carbonyl (C=O) groups is 1. The second kappa shape index (κ2) is 9.17. The lowest BCUT2D eigenvalue weighted by Gasteiger charge is -2.32. The van der Waals surface area contributed by atoms with Crippen molar-refractivity contribution >= 4 is 22.6 Å². The van der Waals surface area contributed by atoms with Crippen molar-refractivity contribution in [2.24, 2.45) is 0 Å². The van der Waals surface area contributed by atoms with Crippen molar-refractivity contribution in [1.82, 2.24) is 14.9 Å². The van der Waals surface area contributed by atoms with Crippen molar-refractivity contribution in [1.29, 1.82) is 0 Å². The van der Waals surface area contributed by atoms with Gasteiger partial charge in [0.25, 0.3) is 5.91 Å². The number of amides is 1. The third-order valence-corrected chi connectivity index (χ3v) is 6.48. The topological polar surface area (TPSA) is 70.7 Å². The van der Waals surface area contributed by atoms with Crippen molar-refractivity contribution in [2.45, 2.75) is 25.1 Å². The largest absolute Gasteiger partial charge is 0.573 e. The first-order valence-corrected chi connectivity index (χ1v) is 11.3. The number of benzene rings is 1. The summed E-state index contributed by atoms with van der Waals surface area (Å²) in [5.74, 6) is -0.235. The van der Waals surface area contributed by atoms with Gasteiger partial charge in [0.15, 0.2) is 0 Å². The van der Waals surface area contributed by atoms with Crippen molar-refractivity contribution in [3.8, 4) is 5.75 Å². The van der Waals surface area contributed by atoms with Crippen LogP contribution in [0.3, 0.4) is 0 Å². The number of hydrogen-bond acceptors (Lipinski definition) is 5. The summed E-state index contributed by atoms with van der Waals surface area (Å²) in [6, 6.07) is 7.25. The zero-order valence-electron chi connectivity index (χ0n) is 18.5. The number of ether oxygens (including phenoxy) is 2. The van der Waals surface area contributed by atoms with E-state index >= 15 is 0 Å². The summed E-state index contributed by atoms with van der Waals surface area (Å²) in [4.78, 5) is 24.8. The molecule has 2 aromatic heterocycles. The van der Waals surface area contributed by atoms with Crippen LogP contribution in [-0.4, -0.2) is 66.5 Å². The average Bonchev–Trinajstić information content (AvgIpc) is 3.27. The maximum atomic E-state index is 12.9. The van der Waals surface area contributed by atoms with Crippen LogP contribution in [0.25, 0.3) is 11.0 Å². The highest BCUT2D eigenvalue weighted by Crippen LogP contribution is 2.34. The SMILES string of the molecule is O=C(c1ccc(OC(F)(F)F)cc1)N1CCC(c2c[nH]c3ncc(N4CCOCC4)cc23)CC1. The monoisotopic (exact) mass is 474 g/mol. The lowest BCUT2D eigenvalue weighted by Crippen LogP contribution is -2.37. The van der Waals surface area contributed by atoms with E-state index in [0.717, 1.165) is 42.7 Å². The van der Waals surface area contributed by atoms with Crippen LogP contribution in [-0.2, 0) is 4.74 Å². The maximum absolute atomic E-state index is 12.9. The number of likely N-dealkylation sites (tertiary alicyclic amines) is 1. The van der Waals surface area contributed by atoms with Gasteiger partial charge in [0.1, 0.15) is 11.4 Å². The fourth-order valence-corrected chi connectivity index (χ4v) is 4.72. The highest BCUT2D eigenvalue weighted by Gasteiger charge is 2.31. The number of piperidine rings is 1. The number of morpholine rings is 1. The Balaban J connectivity index is 1.24. The Morgan fingerprint density at radius 3 is 2.47 bits per heavy atom. The molecule has 0 atom stereocenters. The number of rotatable bonds is 4. The molecule has 5 rings (SSSR count). The molecule has 1 aromatic carbocycles. The molecule has 10 heteroatoms. The second-order valence-electron chi connectivity index (χ2n) is 8.57. The number of hydrogen-bond donors (Lipinski definition) is 1. The molecule has 180 valence electrons. The predicted molar refractivity (Wildman–Crippen MR) is 120 cm³/mol. The van der Waals surface area contributed by atoms with Crippen molar-refractivity contribution < 1.29 is 27.4 Å². The molecule has 7 nitrogen and oxygen atoms in total. The summed E-state index contributed by atoms with van der Waals surface area (Å²) in [6.45, 7) is 4.26. The molecule has 1 N–H and O–H groups in total. The van der Waals surface area contributed by atoms with E-state index in [0.29, 0.717) is 37.8 Å². The van der Waals surface area contributed by atoms with Crippen molar-refractivity contribution in [2.75, 3.05) is 44.3 Å². The van der Waals surface area contributed by atoms with Crippen LogP contribution in [0.15, 0.2) is 42.7 Å². The van der Waals surface area contributed by atoms with Crippen LogP contribution in [0.2, 0.25) is 0 Å². The smallest absolute Gasteiger partial charge is 0.406 e. The van der Waals surface area contributed by atoms with Crippen LogP contribution < -0.4 is 9.64 Å². The number of aromatic nitrogens is 2. The normalized spacial score (nSPS) is 17.9. The standard InChI is InChI=1S/C24H25F3N4O3/c25-24(26,27)34-19-3-1-17(2-4-19)23(32)31-7-5-16(6-8-31)21-15-29-22-20(21)13-18(14-28-22)30-9-11-33-12-10-30/h1-4,13-16H,5-12H2,(H,28,29). The minimum absolute atomic E-state index is 0.188. The molecule has 4 heterocycles. The molecule has 2 aliphatic rings. The third kappa shape index (κ3) is 4.82. The van der Waals surface area contributed by atoms with E-state index in [-0.39, 0.29) is 11.7 Å². The Kier molecular flexibility index (Phi) is 6.07.